The number of aromatic nitrogens is 1. The topological polar surface area (TPSA) is 109 Å². The molecular weight excluding hydrogens is 388 g/mol. The normalized spacial score (nSPS) is 24.9. The van der Waals surface area contributed by atoms with Crippen LogP contribution in [0.5, 0.6) is 0 Å². The number of carbonyl (C=O) groups is 2. The number of fused-ring (bicyclic) bond motifs is 1. The lowest BCUT2D eigenvalue weighted by atomic mass is 10.1. The predicted octanol–water partition coefficient (Wildman–Crippen LogP) is 1.52. The third kappa shape index (κ3) is 4.06. The highest BCUT2D eigenvalue weighted by Crippen LogP contribution is 2.29. The summed E-state index contributed by atoms with van der Waals surface area (Å²) in [5.41, 5.74) is 1.33. The minimum Gasteiger partial charge on any atom is -0.297 e. The fraction of sp³-hybridized carbons (Fsp3) is 0.647. The summed E-state index contributed by atoms with van der Waals surface area (Å²) in [4.78, 5) is 30.6. The number of thiazole rings is 1. The van der Waals surface area contributed by atoms with Crippen LogP contribution in [0.2, 0.25) is 0 Å². The number of hydrogen-bond acceptors (Lipinski definition) is 7. The molecule has 2 amide bonds. The van der Waals surface area contributed by atoms with Crippen molar-refractivity contribution in [3.05, 3.63) is 10.6 Å². The van der Waals surface area contributed by atoms with Crippen molar-refractivity contribution < 1.29 is 18.0 Å². The number of hydrazone groups is 1. The molecule has 2 aliphatic heterocycles. The molecule has 1 aromatic heterocycles. The van der Waals surface area contributed by atoms with Crippen LogP contribution in [0, 0.1) is 0 Å². The Morgan fingerprint density at radius 3 is 2.74 bits per heavy atom. The molecule has 4 rings (SSSR count). The molecule has 0 saturated carbocycles. The van der Waals surface area contributed by atoms with Crippen LogP contribution in [0.3, 0.4) is 0 Å². The monoisotopic (exact) mass is 410 g/mol. The Hall–Kier alpha value is -1.81. The molecule has 1 saturated heterocycles. The summed E-state index contributed by atoms with van der Waals surface area (Å²) < 4.78 is 23.4. The highest BCUT2D eigenvalue weighted by molar-refractivity contribution is 7.91. The second kappa shape index (κ2) is 7.31. The van der Waals surface area contributed by atoms with E-state index in [9.17, 15) is 18.0 Å². The lowest BCUT2D eigenvalue weighted by Gasteiger charge is -2.27. The van der Waals surface area contributed by atoms with Gasteiger partial charge >= 0.3 is 0 Å². The summed E-state index contributed by atoms with van der Waals surface area (Å²) in [6.07, 6.45) is 6.22. The second-order valence-electron chi connectivity index (χ2n) is 7.25. The largest absolute Gasteiger partial charge is 0.297 e. The maximum atomic E-state index is 12.6. The quantitative estimate of drug-likeness (QED) is 0.760. The summed E-state index contributed by atoms with van der Waals surface area (Å²) in [6.45, 7) is 0. The predicted molar refractivity (Wildman–Crippen MR) is 103 cm³/mol. The number of hydrogen-bond donors (Lipinski definition) is 1. The second-order valence-corrected chi connectivity index (χ2v) is 10.6. The van der Waals surface area contributed by atoms with Crippen molar-refractivity contribution in [1.82, 2.24) is 9.99 Å². The summed E-state index contributed by atoms with van der Waals surface area (Å²) in [5.74, 6) is -0.619. The van der Waals surface area contributed by atoms with Gasteiger partial charge in [0.25, 0.3) is 5.91 Å². The molecule has 0 aromatic carbocycles. The zero-order chi connectivity index (χ0) is 19.0. The Morgan fingerprint density at radius 2 is 1.96 bits per heavy atom. The molecule has 0 spiro atoms. The van der Waals surface area contributed by atoms with Crippen LogP contribution in [0.15, 0.2) is 5.10 Å². The van der Waals surface area contributed by atoms with Crippen molar-refractivity contribution >= 4 is 43.8 Å². The third-order valence-corrected chi connectivity index (χ3v) is 8.02. The van der Waals surface area contributed by atoms with Crippen molar-refractivity contribution in [3.8, 4) is 0 Å². The Morgan fingerprint density at radius 1 is 1.15 bits per heavy atom. The molecule has 3 heterocycles. The molecule has 1 fully saturated rings. The van der Waals surface area contributed by atoms with Gasteiger partial charge in [-0.25, -0.2) is 18.4 Å². The molecule has 0 unspecified atom stereocenters. The first kappa shape index (κ1) is 18.5. The van der Waals surface area contributed by atoms with E-state index in [0.29, 0.717) is 11.6 Å². The number of nitrogens with zero attached hydrogens (tertiary/aromatic N) is 3. The third-order valence-electron chi connectivity index (χ3n) is 5.19. The number of anilines is 1. The smallest absolute Gasteiger partial charge is 0.273 e. The summed E-state index contributed by atoms with van der Waals surface area (Å²) in [6, 6.07) is -0.471. The zero-order valence-corrected chi connectivity index (χ0v) is 16.6. The Kier molecular flexibility index (Phi) is 5.02. The average Bonchev–Trinajstić information content (AvgIpc) is 3.10. The first-order valence-electron chi connectivity index (χ1n) is 9.31. The molecule has 146 valence electrons. The Labute approximate surface area is 162 Å². The Bertz CT molecular complexity index is 883. The zero-order valence-electron chi connectivity index (χ0n) is 14.9. The Balaban J connectivity index is 1.48. The molecule has 1 N–H and O–H groups in total. The van der Waals surface area contributed by atoms with Gasteiger partial charge < -0.3 is 0 Å². The van der Waals surface area contributed by atoms with Gasteiger partial charge in [0.2, 0.25) is 5.91 Å². The van der Waals surface area contributed by atoms with Crippen LogP contribution in [0.1, 0.15) is 49.1 Å². The maximum Gasteiger partial charge on any atom is 0.273 e. The summed E-state index contributed by atoms with van der Waals surface area (Å²) in [7, 11) is -3.13. The molecular formula is C17H22N4O4S2. The lowest BCUT2D eigenvalue weighted by molar-refractivity contribution is -0.133. The fourth-order valence-electron chi connectivity index (χ4n) is 3.74. The van der Waals surface area contributed by atoms with E-state index >= 15 is 0 Å². The van der Waals surface area contributed by atoms with E-state index in [1.807, 2.05) is 0 Å². The molecule has 0 radical (unpaired) electrons. The van der Waals surface area contributed by atoms with Crippen LogP contribution in [0.25, 0.3) is 0 Å². The average molecular weight is 411 g/mol. The summed E-state index contributed by atoms with van der Waals surface area (Å²) in [5, 5.41) is 8.80. The molecule has 0 bridgehead atoms. The van der Waals surface area contributed by atoms with Crippen molar-refractivity contribution in [1.29, 1.82) is 0 Å². The number of amides is 2. The fourth-order valence-corrected chi connectivity index (χ4v) is 6.48. The number of carbonyl (C=O) groups excluding carboxylic acids is 2. The molecule has 8 nitrogen and oxygen atoms in total. The van der Waals surface area contributed by atoms with E-state index in [2.05, 4.69) is 15.4 Å². The van der Waals surface area contributed by atoms with E-state index in [4.69, 9.17) is 0 Å². The van der Waals surface area contributed by atoms with Gasteiger partial charge in [0, 0.05) is 17.7 Å². The number of rotatable bonds is 3. The van der Waals surface area contributed by atoms with Crippen LogP contribution < -0.4 is 5.32 Å². The van der Waals surface area contributed by atoms with Gasteiger partial charge in [-0.3, -0.25) is 14.9 Å². The first-order chi connectivity index (χ1) is 12.9. The van der Waals surface area contributed by atoms with Crippen LogP contribution in [0.4, 0.5) is 5.13 Å². The minimum atomic E-state index is -3.13. The minimum absolute atomic E-state index is 0.0587. The highest BCUT2D eigenvalue weighted by Gasteiger charge is 2.37. The van der Waals surface area contributed by atoms with Crippen LogP contribution >= 0.6 is 11.3 Å². The van der Waals surface area contributed by atoms with Gasteiger partial charge in [0.1, 0.15) is 5.71 Å². The molecule has 1 atom stereocenters. The van der Waals surface area contributed by atoms with Crippen molar-refractivity contribution in [2.24, 2.45) is 5.10 Å². The van der Waals surface area contributed by atoms with E-state index in [1.54, 1.807) is 0 Å². The highest BCUT2D eigenvalue weighted by atomic mass is 32.2. The summed E-state index contributed by atoms with van der Waals surface area (Å²) >= 11 is 1.51. The van der Waals surface area contributed by atoms with Gasteiger partial charge in [-0.15, -0.1) is 11.3 Å². The van der Waals surface area contributed by atoms with Gasteiger partial charge in [0.05, 0.1) is 23.2 Å². The van der Waals surface area contributed by atoms with E-state index in [-0.39, 0.29) is 41.9 Å². The van der Waals surface area contributed by atoms with Gasteiger partial charge in [0.15, 0.2) is 15.0 Å². The van der Waals surface area contributed by atoms with Crippen molar-refractivity contribution in [2.75, 3.05) is 16.8 Å². The van der Waals surface area contributed by atoms with Gasteiger partial charge in [-0.1, -0.05) is 6.42 Å². The number of nitrogens with one attached hydrogen (secondary N) is 1. The maximum absolute atomic E-state index is 12.6. The van der Waals surface area contributed by atoms with Crippen molar-refractivity contribution in [3.63, 3.8) is 0 Å². The van der Waals surface area contributed by atoms with E-state index < -0.39 is 15.9 Å². The molecule has 10 heteroatoms. The van der Waals surface area contributed by atoms with Crippen LogP contribution in [-0.4, -0.2) is 53.5 Å². The first-order valence-corrected chi connectivity index (χ1v) is 11.9. The van der Waals surface area contributed by atoms with E-state index in [0.717, 1.165) is 31.4 Å². The number of sulfone groups is 1. The molecule has 1 aromatic rings. The molecule has 27 heavy (non-hydrogen) atoms. The van der Waals surface area contributed by atoms with Gasteiger partial charge in [-0.05, 0) is 32.1 Å². The van der Waals surface area contributed by atoms with Crippen molar-refractivity contribution in [2.45, 2.75) is 57.4 Å². The van der Waals surface area contributed by atoms with Gasteiger partial charge in [-0.2, -0.15) is 5.10 Å². The molecule has 3 aliphatic rings. The van der Waals surface area contributed by atoms with E-state index in [1.165, 1.54) is 27.6 Å². The SMILES string of the molecule is O=C(Nc1nc2c(s1)CCCCC2)C1=NN([C@H]2CCS(=O)(=O)C2)C(=O)CC1. The standard InChI is InChI=1S/C17H22N4O4S2/c22-15-7-6-13(20-21(15)11-8-9-27(24,25)10-11)16(23)19-17-18-12-4-2-1-3-5-14(12)26-17/h11H,1-10H2,(H,18,19,23)/t11-/m0/s1. The molecule has 1 aliphatic carbocycles. The van der Waals surface area contributed by atoms with Crippen LogP contribution in [-0.2, 0) is 32.3 Å². The number of aryl methyl sites for hydroxylation is 2. The lowest BCUT2D eigenvalue weighted by Crippen LogP contribution is -2.42.